The highest BCUT2D eigenvalue weighted by atomic mass is 31.2. The number of anilines is 2. The van der Waals surface area contributed by atoms with Crippen molar-refractivity contribution in [2.24, 2.45) is 0 Å². The summed E-state index contributed by atoms with van der Waals surface area (Å²) in [7, 11) is -7.28. The number of fused-ring (bicyclic) bond motifs is 2. The lowest BCUT2D eigenvalue weighted by Crippen LogP contribution is -2.37. The molecule has 4 heterocycles. The highest BCUT2D eigenvalue weighted by Crippen LogP contribution is 2.45. The molecule has 4 aromatic heterocycles. The molecule has 28 heteroatoms. The first-order valence-corrected chi connectivity index (χ1v) is 26.4. The van der Waals surface area contributed by atoms with Gasteiger partial charge in [-0.15, -0.1) is 0 Å². The summed E-state index contributed by atoms with van der Waals surface area (Å²) in [5, 5.41) is 21.2. The van der Waals surface area contributed by atoms with E-state index in [1.165, 1.54) is 12.7 Å². The number of nitrogens with zero attached hydrogens (tertiary/aromatic N) is 8. The van der Waals surface area contributed by atoms with Gasteiger partial charge in [-0.05, 0) is 79.7 Å². The number of benzene rings is 2. The number of rotatable bonds is 24. The van der Waals surface area contributed by atoms with E-state index in [0.717, 1.165) is 0 Å². The van der Waals surface area contributed by atoms with Crippen LogP contribution in [0.4, 0.5) is 11.6 Å². The Hall–Kier alpha value is -7.34. The molecule has 74 heavy (non-hydrogen) atoms. The van der Waals surface area contributed by atoms with Gasteiger partial charge in [-0.3, -0.25) is 18.7 Å². The van der Waals surface area contributed by atoms with Crippen LogP contribution in [0.3, 0.4) is 0 Å². The molecule has 8 N–H and O–H groups in total. The number of nitrogen functional groups attached to an aromatic ring is 2. The Bertz CT molecular complexity index is 2710. The lowest BCUT2D eigenvalue weighted by molar-refractivity contribution is -0.149. The Kier molecular flexibility index (Phi) is 22.6. The number of carbonyl (C=O) groups is 4. The second-order valence-corrected chi connectivity index (χ2v) is 20.8. The van der Waals surface area contributed by atoms with Crippen LogP contribution in [0.15, 0.2) is 98.1 Å². The van der Waals surface area contributed by atoms with Crippen molar-refractivity contribution in [2.45, 2.75) is 105 Å². The number of esters is 2. The second kappa shape index (κ2) is 28.2. The van der Waals surface area contributed by atoms with Gasteiger partial charge in [0.1, 0.15) is 60.0 Å². The summed E-state index contributed by atoms with van der Waals surface area (Å²) in [5.74, 6) is -2.21. The molecule has 6 rings (SSSR count). The van der Waals surface area contributed by atoms with Gasteiger partial charge >= 0.3 is 38.9 Å². The first-order valence-electron chi connectivity index (χ1n) is 22.8. The molecule has 0 saturated carbocycles. The molecule has 0 spiro atoms. The molecule has 6 unspecified atom stereocenters. The minimum atomic E-state index is -3.64. The molecule has 400 valence electrons. The number of hydrogen-bond acceptors (Lipinski definition) is 20. The summed E-state index contributed by atoms with van der Waals surface area (Å²) in [6.45, 7) is 14.5. The van der Waals surface area contributed by atoms with Crippen LogP contribution in [0.5, 0.6) is 11.5 Å². The monoisotopic (exact) mass is 1070 g/mol. The van der Waals surface area contributed by atoms with Crippen LogP contribution in [-0.2, 0) is 60.3 Å². The van der Waals surface area contributed by atoms with Crippen molar-refractivity contribution >= 4 is 72.9 Å². The normalized spacial score (nSPS) is 14.6. The average molecular weight is 1070 g/mol. The Morgan fingerprint density at radius 1 is 0.581 bits per heavy atom. The quantitative estimate of drug-likeness (QED) is 0.0242. The smallest absolute Gasteiger partial charge is 0.342 e. The Morgan fingerprint density at radius 2 is 0.932 bits per heavy atom. The number of nitrogens with one attached hydrogen (secondary N) is 2. The van der Waals surface area contributed by atoms with Gasteiger partial charge in [-0.25, -0.2) is 49.7 Å². The molecule has 6 atom stereocenters. The summed E-state index contributed by atoms with van der Waals surface area (Å²) in [6.07, 6.45) is 5.14. The average Bonchev–Trinajstić information content (AvgIpc) is 3.95. The minimum absolute atomic E-state index is 0.272. The van der Waals surface area contributed by atoms with Crippen molar-refractivity contribution in [3.63, 3.8) is 0 Å². The van der Waals surface area contributed by atoms with E-state index in [0.29, 0.717) is 70.7 Å². The van der Waals surface area contributed by atoms with Crippen molar-refractivity contribution in [1.82, 2.24) is 49.2 Å². The van der Waals surface area contributed by atoms with Crippen molar-refractivity contribution in [3.8, 4) is 11.5 Å². The lowest BCUT2D eigenvalue weighted by Gasteiger charge is -2.25. The van der Waals surface area contributed by atoms with Gasteiger partial charge in [0.05, 0.1) is 50.2 Å². The zero-order valence-corrected chi connectivity index (χ0v) is 43.7. The molecule has 0 aliphatic heterocycles. The summed E-state index contributed by atoms with van der Waals surface area (Å²) < 4.78 is 64.4. The van der Waals surface area contributed by atoms with Crippen molar-refractivity contribution < 1.29 is 66.5 Å². The largest absolute Gasteiger partial charge is 0.478 e. The van der Waals surface area contributed by atoms with Gasteiger partial charge in [0.2, 0.25) is 0 Å². The maximum atomic E-state index is 13.6. The molecule has 0 bridgehead atoms. The highest BCUT2D eigenvalue weighted by molar-refractivity contribution is 7.57. The van der Waals surface area contributed by atoms with E-state index in [-0.39, 0.29) is 37.1 Å². The van der Waals surface area contributed by atoms with Crippen LogP contribution in [0.25, 0.3) is 22.3 Å². The molecular weight excluding hydrogens is 1010 g/mol. The molecule has 0 aliphatic rings. The van der Waals surface area contributed by atoms with E-state index < -0.39 is 51.0 Å². The van der Waals surface area contributed by atoms with Crippen LogP contribution >= 0.6 is 15.0 Å². The van der Waals surface area contributed by atoms with Gasteiger partial charge in [0.15, 0.2) is 22.9 Å². The Morgan fingerprint density at radius 3 is 1.26 bits per heavy atom. The third-order valence-corrected chi connectivity index (χ3v) is 12.9. The number of hydrogen-bond donors (Lipinski definition) is 6. The predicted octanol–water partition coefficient (Wildman–Crippen LogP) is 5.66. The third kappa shape index (κ3) is 19.6. The Balaban J connectivity index is 0.000000279. The molecule has 0 fully saturated rings. The number of ether oxygens (including phenoxy) is 4. The molecule has 0 radical (unpaired) electrons. The molecule has 26 nitrogen and oxygen atoms in total. The minimum Gasteiger partial charge on any atom is -0.478 e. The number of carboxylic acids is 2. The number of carbonyl (C=O) groups excluding carboxylic acids is 2. The van der Waals surface area contributed by atoms with E-state index in [1.807, 2.05) is 26.0 Å². The summed E-state index contributed by atoms with van der Waals surface area (Å²) in [4.78, 5) is 68.4. The molecule has 0 saturated heterocycles. The van der Waals surface area contributed by atoms with E-state index >= 15 is 0 Å². The Labute approximate surface area is 426 Å². The fraction of sp³-hybridized carbons (Fsp3) is 0.391. The predicted molar refractivity (Wildman–Crippen MR) is 272 cm³/mol. The molecule has 0 amide bonds. The molecule has 6 aromatic rings. The fourth-order valence-corrected chi connectivity index (χ4v) is 9.74. The first kappa shape index (κ1) is 59.2. The number of imidazole rings is 2. The number of para-hydroxylation sites is 2. The van der Waals surface area contributed by atoms with E-state index in [2.05, 4.69) is 40.1 Å². The van der Waals surface area contributed by atoms with Gasteiger partial charge in [0.25, 0.3) is 0 Å². The van der Waals surface area contributed by atoms with Crippen LogP contribution < -0.4 is 30.7 Å². The van der Waals surface area contributed by atoms with Gasteiger partial charge in [0, 0.05) is 12.2 Å². The molecular formula is C46H62N12O14P2. The summed E-state index contributed by atoms with van der Waals surface area (Å²) >= 11 is 0. The van der Waals surface area contributed by atoms with Crippen molar-refractivity contribution in [1.29, 1.82) is 0 Å². The highest BCUT2D eigenvalue weighted by Gasteiger charge is 2.33. The van der Waals surface area contributed by atoms with Gasteiger partial charge < -0.3 is 58.8 Å². The van der Waals surface area contributed by atoms with Crippen LogP contribution in [0.2, 0.25) is 0 Å². The zero-order chi connectivity index (χ0) is 54.6. The molecule has 0 aliphatic carbocycles. The maximum Gasteiger partial charge on any atom is 0.342 e. The van der Waals surface area contributed by atoms with Crippen molar-refractivity contribution in [2.75, 3.05) is 24.2 Å². The fourth-order valence-electron chi connectivity index (χ4n) is 6.16. The number of nitrogens with two attached hydrogens (primary N) is 2. The zero-order valence-electron chi connectivity index (χ0n) is 42.0. The first-order chi connectivity index (χ1) is 35.0. The number of aliphatic carboxylic acids is 2. The second-order valence-electron chi connectivity index (χ2n) is 16.7. The van der Waals surface area contributed by atoms with Gasteiger partial charge in [-0.2, -0.15) is 0 Å². The van der Waals surface area contributed by atoms with E-state index in [1.54, 1.807) is 112 Å². The summed E-state index contributed by atoms with van der Waals surface area (Å²) in [6, 6.07) is 15.7. The van der Waals surface area contributed by atoms with Crippen molar-refractivity contribution in [3.05, 3.63) is 98.1 Å². The van der Waals surface area contributed by atoms with Crippen LogP contribution in [0.1, 0.15) is 55.4 Å². The SMILES string of the molecule is CC(C)OC(=O)C(C)NP(=O)(COC(C)Cn1cnc2c(N)ncnc21)Oc1ccccc1.CC(C)OC(=O)C(C)NP(=O)(COC(C)Cn1cnc2c(N)ncnc21)Oc1ccccc1.O=C(O)C=CC(=O)O. The third-order valence-electron chi connectivity index (χ3n) is 9.38. The molecule has 2 aromatic carbocycles. The summed E-state index contributed by atoms with van der Waals surface area (Å²) in [5.41, 5.74) is 13.8. The number of aromatic nitrogens is 8. The van der Waals surface area contributed by atoms with Crippen LogP contribution in [-0.4, -0.2) is 122 Å². The van der Waals surface area contributed by atoms with E-state index in [4.69, 9.17) is 49.7 Å². The lowest BCUT2D eigenvalue weighted by atomic mass is 10.3. The number of carboxylic acid groups (broad SMARTS) is 2. The van der Waals surface area contributed by atoms with E-state index in [9.17, 15) is 28.3 Å². The maximum absolute atomic E-state index is 13.6. The van der Waals surface area contributed by atoms with Crippen LogP contribution in [0, 0.1) is 0 Å². The standard InChI is InChI=1S/2C21H29N6O5P.C4H4O4/c2*1-14(2)31-21(28)16(4)26-33(29,32-17-8-6-5-7-9-17)13-30-15(3)10-27-12-25-18-19(22)23-11-24-20(18)27;5-3(6)1-2-4(7)8/h2*5-9,11-12,14-16H,10,13H2,1-4H3,(H,26,29)(H2,22,23,24);1-2H,(H,5,6)(H,7,8). The topological polar surface area (TPSA) is 362 Å². The van der Waals surface area contributed by atoms with Gasteiger partial charge in [-0.1, -0.05) is 36.4 Å².